The molecule has 0 saturated carbocycles. The molecule has 3 rings (SSSR count). The van der Waals surface area contributed by atoms with Crippen LogP contribution in [-0.2, 0) is 15.6 Å². The van der Waals surface area contributed by atoms with Gasteiger partial charge in [-0.2, -0.15) is 10.5 Å². The van der Waals surface area contributed by atoms with E-state index < -0.39 is 10.8 Å². The minimum atomic E-state index is -0.621. The van der Waals surface area contributed by atoms with Crippen molar-refractivity contribution in [2.75, 3.05) is 0 Å². The average molecular weight is 375 g/mol. The molecule has 0 atom stereocenters. The summed E-state index contributed by atoms with van der Waals surface area (Å²) in [6, 6.07) is 18.7. The van der Waals surface area contributed by atoms with Gasteiger partial charge in [0.05, 0.1) is 28.5 Å². The lowest BCUT2D eigenvalue weighted by Crippen LogP contribution is -2.48. The molecule has 2 amide bonds. The SMILES string of the molecule is C.CC(C)(C#N)c1ccccc1C#N.CC1(C)C(=O)NC(=O)c2ccccc21. The Morgan fingerprint density at radius 3 is 2.14 bits per heavy atom. The fourth-order valence-electron chi connectivity index (χ4n) is 2.86. The smallest absolute Gasteiger partial charge is 0.258 e. The number of fused-ring (bicyclic) bond motifs is 1. The number of nitriles is 2. The Kier molecular flexibility index (Phi) is 6.86. The monoisotopic (exact) mass is 375 g/mol. The number of nitrogens with zero attached hydrogens (tertiary/aromatic N) is 2. The minimum Gasteiger partial charge on any atom is -0.292 e. The number of rotatable bonds is 1. The van der Waals surface area contributed by atoms with Gasteiger partial charge in [-0.25, -0.2) is 0 Å². The Hall–Kier alpha value is -3.44. The second-order valence-electron chi connectivity index (χ2n) is 7.35. The van der Waals surface area contributed by atoms with Crippen LogP contribution in [0.15, 0.2) is 48.5 Å². The summed E-state index contributed by atoms with van der Waals surface area (Å²) in [5, 5.41) is 20.1. The summed E-state index contributed by atoms with van der Waals surface area (Å²) >= 11 is 0. The first kappa shape index (κ1) is 22.6. The summed E-state index contributed by atoms with van der Waals surface area (Å²) < 4.78 is 0. The van der Waals surface area contributed by atoms with Gasteiger partial charge in [-0.3, -0.25) is 14.9 Å². The van der Waals surface area contributed by atoms with Crippen LogP contribution in [0.2, 0.25) is 0 Å². The second kappa shape index (κ2) is 8.50. The van der Waals surface area contributed by atoms with Gasteiger partial charge in [0.1, 0.15) is 0 Å². The van der Waals surface area contributed by atoms with Gasteiger partial charge in [0, 0.05) is 5.56 Å². The fourth-order valence-corrected chi connectivity index (χ4v) is 2.86. The van der Waals surface area contributed by atoms with E-state index in [4.69, 9.17) is 10.5 Å². The summed E-state index contributed by atoms with van der Waals surface area (Å²) in [5.74, 6) is -0.536. The van der Waals surface area contributed by atoms with E-state index in [1.165, 1.54) is 0 Å². The summed E-state index contributed by atoms with van der Waals surface area (Å²) in [4.78, 5) is 23.0. The zero-order valence-electron chi connectivity index (χ0n) is 15.8. The predicted molar refractivity (Wildman–Crippen MR) is 108 cm³/mol. The zero-order chi connectivity index (χ0) is 20.2. The van der Waals surface area contributed by atoms with E-state index >= 15 is 0 Å². The van der Waals surface area contributed by atoms with Crippen LogP contribution in [0, 0.1) is 22.7 Å². The van der Waals surface area contributed by atoms with Crippen molar-refractivity contribution in [3.05, 3.63) is 70.8 Å². The van der Waals surface area contributed by atoms with Crippen molar-refractivity contribution in [1.29, 1.82) is 10.5 Å². The average Bonchev–Trinajstić information content (AvgIpc) is 2.67. The highest BCUT2D eigenvalue weighted by Gasteiger charge is 2.38. The maximum atomic E-state index is 11.6. The molecule has 144 valence electrons. The molecule has 1 aliphatic heterocycles. The molecule has 28 heavy (non-hydrogen) atoms. The lowest BCUT2D eigenvalue weighted by atomic mass is 9.78. The summed E-state index contributed by atoms with van der Waals surface area (Å²) in [7, 11) is 0. The van der Waals surface area contributed by atoms with Crippen LogP contribution in [-0.4, -0.2) is 11.8 Å². The molecular weight excluding hydrogens is 350 g/mol. The Balaban J connectivity index is 0.000000271. The zero-order valence-corrected chi connectivity index (χ0v) is 15.8. The van der Waals surface area contributed by atoms with Crippen LogP contribution >= 0.6 is 0 Å². The molecule has 1 aliphatic rings. The quantitative estimate of drug-likeness (QED) is 0.755. The molecule has 0 fully saturated rings. The van der Waals surface area contributed by atoms with E-state index in [9.17, 15) is 9.59 Å². The molecule has 2 aromatic rings. The summed E-state index contributed by atoms with van der Waals surface area (Å²) in [5.41, 5.74) is 1.55. The van der Waals surface area contributed by atoms with Crippen LogP contribution in [0.25, 0.3) is 0 Å². The van der Waals surface area contributed by atoms with Gasteiger partial charge in [0.2, 0.25) is 5.91 Å². The van der Waals surface area contributed by atoms with Gasteiger partial charge in [-0.15, -0.1) is 0 Å². The van der Waals surface area contributed by atoms with Crippen molar-refractivity contribution in [3.63, 3.8) is 0 Å². The molecule has 0 unspecified atom stereocenters. The van der Waals surface area contributed by atoms with Gasteiger partial charge in [0.15, 0.2) is 0 Å². The van der Waals surface area contributed by atoms with E-state index in [2.05, 4.69) is 17.5 Å². The number of carbonyl (C=O) groups excluding carboxylic acids is 2. The Morgan fingerprint density at radius 2 is 1.54 bits per heavy atom. The van der Waals surface area contributed by atoms with Crippen LogP contribution < -0.4 is 5.32 Å². The molecule has 0 radical (unpaired) electrons. The van der Waals surface area contributed by atoms with Crippen molar-refractivity contribution in [1.82, 2.24) is 5.32 Å². The van der Waals surface area contributed by atoms with Gasteiger partial charge < -0.3 is 0 Å². The van der Waals surface area contributed by atoms with Crippen LogP contribution in [0.4, 0.5) is 0 Å². The van der Waals surface area contributed by atoms with E-state index in [0.29, 0.717) is 11.1 Å². The third-order valence-electron chi connectivity index (χ3n) is 4.64. The molecule has 1 N–H and O–H groups in total. The number of hydrogen-bond donors (Lipinski definition) is 1. The van der Waals surface area contributed by atoms with Crippen molar-refractivity contribution in [2.24, 2.45) is 0 Å². The highest BCUT2D eigenvalue weighted by atomic mass is 16.2. The lowest BCUT2D eigenvalue weighted by molar-refractivity contribution is -0.125. The molecule has 0 saturated heterocycles. The topological polar surface area (TPSA) is 93.8 Å². The number of hydrogen-bond acceptors (Lipinski definition) is 4. The standard InChI is InChI=1S/C11H10N2.C11H11NO2.CH4/c1-11(2,8-13)10-6-4-3-5-9(10)7-12;1-11(2)8-6-4-3-5-7(8)9(13)12-10(11)14;/h3-6H,1-2H3;3-6H,1-2H3,(H,12,13,14);1H4. The van der Waals surface area contributed by atoms with Crippen molar-refractivity contribution in [2.45, 2.75) is 46.0 Å². The van der Waals surface area contributed by atoms with Gasteiger partial charge in [-0.05, 0) is 51.0 Å². The Bertz CT molecular complexity index is 976. The van der Waals surface area contributed by atoms with Crippen LogP contribution in [0.3, 0.4) is 0 Å². The maximum Gasteiger partial charge on any atom is 0.258 e. The van der Waals surface area contributed by atoms with E-state index in [0.717, 1.165) is 11.1 Å². The third kappa shape index (κ3) is 4.27. The largest absolute Gasteiger partial charge is 0.292 e. The van der Waals surface area contributed by atoms with Crippen LogP contribution in [0.5, 0.6) is 0 Å². The fraction of sp³-hybridized carbons (Fsp3) is 0.304. The lowest BCUT2D eigenvalue weighted by Gasteiger charge is -2.30. The molecule has 0 bridgehead atoms. The van der Waals surface area contributed by atoms with Crippen molar-refractivity contribution < 1.29 is 9.59 Å². The van der Waals surface area contributed by atoms with E-state index in [1.54, 1.807) is 24.3 Å². The van der Waals surface area contributed by atoms with Crippen LogP contribution in [0.1, 0.15) is 62.2 Å². The first-order valence-electron chi connectivity index (χ1n) is 8.51. The molecule has 0 spiro atoms. The van der Waals surface area contributed by atoms with Gasteiger partial charge >= 0.3 is 0 Å². The highest BCUT2D eigenvalue weighted by molar-refractivity contribution is 6.12. The normalized spacial score (nSPS) is 14.1. The molecule has 0 aliphatic carbocycles. The third-order valence-corrected chi connectivity index (χ3v) is 4.64. The number of nitrogens with one attached hydrogen (secondary N) is 1. The molecule has 2 aromatic carbocycles. The Labute approximate surface area is 166 Å². The van der Waals surface area contributed by atoms with E-state index in [-0.39, 0.29) is 19.2 Å². The first-order chi connectivity index (χ1) is 12.6. The number of carbonyl (C=O) groups is 2. The molecule has 0 aromatic heterocycles. The van der Waals surface area contributed by atoms with Gasteiger partial charge in [-0.1, -0.05) is 43.8 Å². The highest BCUT2D eigenvalue weighted by Crippen LogP contribution is 2.29. The van der Waals surface area contributed by atoms with Crippen molar-refractivity contribution >= 4 is 11.8 Å². The Morgan fingerprint density at radius 1 is 0.964 bits per heavy atom. The number of benzene rings is 2. The van der Waals surface area contributed by atoms with E-state index in [1.807, 2.05) is 52.0 Å². The molecule has 5 heteroatoms. The minimum absolute atomic E-state index is 0. The number of imide groups is 1. The molecular formula is C23H25N3O2. The molecule has 5 nitrogen and oxygen atoms in total. The first-order valence-corrected chi connectivity index (χ1v) is 8.51. The molecule has 1 heterocycles. The maximum absolute atomic E-state index is 11.6. The summed E-state index contributed by atoms with van der Waals surface area (Å²) in [6.45, 7) is 7.24. The van der Waals surface area contributed by atoms with Crippen molar-refractivity contribution in [3.8, 4) is 12.1 Å². The predicted octanol–water partition coefficient (Wildman–Crippen LogP) is 4.23. The number of amides is 2. The second-order valence-corrected chi connectivity index (χ2v) is 7.35. The summed E-state index contributed by atoms with van der Waals surface area (Å²) in [6.07, 6.45) is 0. The van der Waals surface area contributed by atoms with Gasteiger partial charge in [0.25, 0.3) is 5.91 Å².